The van der Waals surface area contributed by atoms with E-state index in [0.717, 1.165) is 23.4 Å². The molecule has 0 radical (unpaired) electrons. The number of ether oxygens (including phenoxy) is 1. The van der Waals surface area contributed by atoms with Gasteiger partial charge in [0.05, 0.1) is 24.0 Å². The lowest BCUT2D eigenvalue weighted by Crippen LogP contribution is -2.33. The molecule has 3 aromatic rings. The lowest BCUT2D eigenvalue weighted by molar-refractivity contribution is -0.139. The number of rotatable bonds is 8. The number of hydrogen-bond donors (Lipinski definition) is 4. The highest BCUT2D eigenvalue weighted by atomic mass is 19.2. The van der Waals surface area contributed by atoms with Gasteiger partial charge in [0.25, 0.3) is 0 Å². The molecule has 1 aromatic heterocycles. The van der Waals surface area contributed by atoms with Crippen LogP contribution < -0.4 is 21.7 Å². The third-order valence-corrected chi connectivity index (χ3v) is 5.79. The van der Waals surface area contributed by atoms with E-state index in [1.54, 1.807) is 24.5 Å². The van der Waals surface area contributed by atoms with Crippen LogP contribution in [0.5, 0.6) is 0 Å². The van der Waals surface area contributed by atoms with Gasteiger partial charge in [-0.25, -0.2) is 22.6 Å². The van der Waals surface area contributed by atoms with E-state index in [0.29, 0.717) is 13.1 Å². The fraction of sp³-hybridized carbons (Fsp3) is 0.208. The summed E-state index contributed by atoms with van der Waals surface area (Å²) in [6, 6.07) is 7.39. The van der Waals surface area contributed by atoms with E-state index in [1.165, 1.54) is 23.0 Å². The van der Waals surface area contributed by atoms with Crippen LogP contribution in [0.2, 0.25) is 0 Å². The normalized spacial score (nSPS) is 18.2. The highest BCUT2D eigenvalue weighted by molar-refractivity contribution is 5.95. The lowest BCUT2D eigenvalue weighted by atomic mass is 9.99. The van der Waals surface area contributed by atoms with Crippen LogP contribution in [0.25, 0.3) is 17.2 Å². The standard InChI is InChI=1S/C24H22F3N7O2/c25-20-9-16(7-17-8-19(36-24(17)35)13-34-6-5-29-33-34)22(26)23(27)21(20)15-3-1-14(2-4-15)10-28-11-18-12-30-32-31-18/h1-7,9,12,19,28,30-32H,8,10-11,13H2. The van der Waals surface area contributed by atoms with Crippen molar-refractivity contribution in [2.45, 2.75) is 25.6 Å². The second-order valence-electron chi connectivity index (χ2n) is 8.34. The molecule has 0 aliphatic carbocycles. The highest BCUT2D eigenvalue weighted by Crippen LogP contribution is 2.32. The van der Waals surface area contributed by atoms with Gasteiger partial charge in [0.2, 0.25) is 0 Å². The van der Waals surface area contributed by atoms with Crippen LogP contribution in [0.4, 0.5) is 13.2 Å². The number of benzene rings is 2. The van der Waals surface area contributed by atoms with Gasteiger partial charge in [0, 0.05) is 43.0 Å². The topological polar surface area (TPSA) is 105 Å². The van der Waals surface area contributed by atoms with Gasteiger partial charge in [-0.15, -0.1) is 5.10 Å². The van der Waals surface area contributed by atoms with E-state index in [-0.39, 0.29) is 29.7 Å². The average Bonchev–Trinajstić information content (AvgIpc) is 3.63. The summed E-state index contributed by atoms with van der Waals surface area (Å²) in [4.78, 5) is 12.2. The number of aromatic nitrogens is 3. The van der Waals surface area contributed by atoms with Crippen LogP contribution >= 0.6 is 0 Å². The molecule has 2 aliphatic heterocycles. The van der Waals surface area contributed by atoms with Gasteiger partial charge in [0.15, 0.2) is 11.6 Å². The van der Waals surface area contributed by atoms with Gasteiger partial charge >= 0.3 is 5.97 Å². The van der Waals surface area contributed by atoms with Crippen molar-refractivity contribution in [3.8, 4) is 11.1 Å². The number of halogens is 3. The molecule has 1 saturated heterocycles. The van der Waals surface area contributed by atoms with Crippen LogP contribution in [0, 0.1) is 17.5 Å². The first kappa shape index (κ1) is 23.6. The summed E-state index contributed by atoms with van der Waals surface area (Å²) in [5, 5.41) is 10.7. The predicted molar refractivity (Wildman–Crippen MR) is 123 cm³/mol. The zero-order valence-corrected chi connectivity index (χ0v) is 18.9. The van der Waals surface area contributed by atoms with E-state index in [2.05, 4.69) is 32.0 Å². The molecule has 5 rings (SSSR count). The van der Waals surface area contributed by atoms with Crippen LogP contribution in [-0.2, 0) is 22.6 Å². The summed E-state index contributed by atoms with van der Waals surface area (Å²) >= 11 is 0. The molecule has 186 valence electrons. The molecule has 0 saturated carbocycles. The van der Waals surface area contributed by atoms with Gasteiger partial charge in [-0.3, -0.25) is 0 Å². The molecule has 0 amide bonds. The van der Waals surface area contributed by atoms with Gasteiger partial charge in [-0.1, -0.05) is 29.5 Å². The van der Waals surface area contributed by atoms with Crippen molar-refractivity contribution in [2.24, 2.45) is 0 Å². The van der Waals surface area contributed by atoms with Crippen molar-refractivity contribution < 1.29 is 22.7 Å². The van der Waals surface area contributed by atoms with Crippen molar-refractivity contribution in [2.75, 3.05) is 6.54 Å². The quantitative estimate of drug-likeness (QED) is 0.214. The van der Waals surface area contributed by atoms with Gasteiger partial charge < -0.3 is 20.9 Å². The highest BCUT2D eigenvalue weighted by Gasteiger charge is 2.30. The van der Waals surface area contributed by atoms with Crippen molar-refractivity contribution in [3.05, 3.63) is 88.8 Å². The Kier molecular flexibility index (Phi) is 6.69. The fourth-order valence-electron chi connectivity index (χ4n) is 4.03. The second-order valence-corrected chi connectivity index (χ2v) is 8.34. The zero-order chi connectivity index (χ0) is 25.1. The molecule has 2 aromatic carbocycles. The Morgan fingerprint density at radius 2 is 2.00 bits per heavy atom. The summed E-state index contributed by atoms with van der Waals surface area (Å²) < 4.78 is 51.6. The van der Waals surface area contributed by atoms with Crippen LogP contribution in [0.1, 0.15) is 17.5 Å². The summed E-state index contributed by atoms with van der Waals surface area (Å²) in [5.74, 6) is -4.16. The van der Waals surface area contributed by atoms with E-state index < -0.39 is 35.1 Å². The van der Waals surface area contributed by atoms with Gasteiger partial charge in [-0.2, -0.15) is 5.53 Å². The van der Waals surface area contributed by atoms with Crippen molar-refractivity contribution in [1.29, 1.82) is 0 Å². The minimum Gasteiger partial charge on any atom is -0.457 e. The lowest BCUT2D eigenvalue weighted by Gasteiger charge is -2.10. The molecule has 1 atom stereocenters. The Hall–Kier alpha value is -4.16. The van der Waals surface area contributed by atoms with Crippen molar-refractivity contribution in [3.63, 3.8) is 0 Å². The zero-order valence-electron chi connectivity index (χ0n) is 18.9. The Balaban J connectivity index is 1.30. The molecular weight excluding hydrogens is 475 g/mol. The SMILES string of the molecule is O=C1OC(Cn2ccnn2)CC1=Cc1cc(F)c(-c2ccc(CNCC3=CNNN3)cc2)c(F)c1F. The third-order valence-electron chi connectivity index (χ3n) is 5.79. The molecule has 0 spiro atoms. The number of esters is 1. The maximum atomic E-state index is 15.0. The Labute approximate surface area is 204 Å². The van der Waals surface area contributed by atoms with Crippen LogP contribution in [-0.4, -0.2) is 33.6 Å². The predicted octanol–water partition coefficient (Wildman–Crippen LogP) is 2.30. The monoisotopic (exact) mass is 497 g/mol. The maximum Gasteiger partial charge on any atom is 0.334 e. The molecule has 3 heterocycles. The first-order chi connectivity index (χ1) is 17.5. The molecule has 4 N–H and O–H groups in total. The molecule has 0 bridgehead atoms. The van der Waals surface area contributed by atoms with Crippen LogP contribution in [0.15, 0.2) is 60.2 Å². The maximum absolute atomic E-state index is 15.0. The Bertz CT molecular complexity index is 1320. The smallest absolute Gasteiger partial charge is 0.334 e. The molecule has 2 aliphatic rings. The number of carbonyl (C=O) groups is 1. The van der Waals surface area contributed by atoms with Gasteiger partial charge in [0.1, 0.15) is 11.9 Å². The number of nitrogens with zero attached hydrogens (tertiary/aromatic N) is 3. The largest absolute Gasteiger partial charge is 0.457 e. The molecule has 12 heteroatoms. The van der Waals surface area contributed by atoms with E-state index in [9.17, 15) is 18.0 Å². The van der Waals surface area contributed by atoms with Gasteiger partial charge in [-0.05, 0) is 23.3 Å². The van der Waals surface area contributed by atoms with E-state index in [1.807, 2.05) is 0 Å². The number of cyclic esters (lactones) is 1. The molecule has 1 unspecified atom stereocenters. The average molecular weight is 497 g/mol. The summed E-state index contributed by atoms with van der Waals surface area (Å²) in [7, 11) is 0. The fourth-order valence-corrected chi connectivity index (χ4v) is 4.03. The first-order valence-electron chi connectivity index (χ1n) is 11.2. The van der Waals surface area contributed by atoms with Crippen molar-refractivity contribution >= 4 is 12.0 Å². The minimum absolute atomic E-state index is 0.123. The number of hydrogen-bond acceptors (Lipinski definition) is 8. The van der Waals surface area contributed by atoms with Crippen LogP contribution in [0.3, 0.4) is 0 Å². The minimum atomic E-state index is -1.32. The Morgan fingerprint density at radius 1 is 1.17 bits per heavy atom. The molecule has 9 nitrogen and oxygen atoms in total. The third kappa shape index (κ3) is 5.09. The second kappa shape index (κ2) is 10.2. The van der Waals surface area contributed by atoms with E-state index >= 15 is 0 Å². The summed E-state index contributed by atoms with van der Waals surface area (Å²) in [5.41, 5.74) is 9.76. The Morgan fingerprint density at radius 3 is 2.72 bits per heavy atom. The summed E-state index contributed by atoms with van der Waals surface area (Å²) in [6.45, 7) is 1.38. The number of carbonyl (C=O) groups excluding carboxylic acids is 1. The molecule has 1 fully saturated rings. The molecule has 36 heavy (non-hydrogen) atoms. The molecular formula is C24H22F3N7O2. The number of hydrazine groups is 2. The summed E-state index contributed by atoms with van der Waals surface area (Å²) in [6.07, 6.45) is 5.63. The van der Waals surface area contributed by atoms with E-state index in [4.69, 9.17) is 4.74 Å². The first-order valence-corrected chi connectivity index (χ1v) is 11.2. The van der Waals surface area contributed by atoms with Crippen molar-refractivity contribution in [1.82, 2.24) is 36.7 Å². The number of nitrogens with one attached hydrogen (secondary N) is 4.